The van der Waals surface area contributed by atoms with Crippen LogP contribution in [-0.4, -0.2) is 38.2 Å². The maximum absolute atomic E-state index is 11.8. The zero-order valence-corrected chi connectivity index (χ0v) is 11.0. The standard InChI is InChI=1S/C13H15NO5/c1-14(11(9-17-2)12(15)18-3)13(16)19-10-7-5-4-6-8-10/h4-9H,1-3H3. The van der Waals surface area contributed by atoms with Crippen LogP contribution in [0, 0.1) is 0 Å². The molecular weight excluding hydrogens is 250 g/mol. The Kier molecular flexibility index (Phi) is 5.40. The molecule has 6 heteroatoms. The molecule has 102 valence electrons. The van der Waals surface area contributed by atoms with Gasteiger partial charge >= 0.3 is 12.1 Å². The SMILES string of the molecule is COC=C(C(=O)OC)N(C)C(=O)Oc1ccccc1. The van der Waals surface area contributed by atoms with Gasteiger partial charge in [0.15, 0.2) is 5.70 Å². The number of hydrogen-bond donors (Lipinski definition) is 0. The fraction of sp³-hybridized carbons (Fsp3) is 0.231. The van der Waals surface area contributed by atoms with Crippen LogP contribution >= 0.6 is 0 Å². The van der Waals surface area contributed by atoms with Crippen molar-refractivity contribution in [2.45, 2.75) is 0 Å². The number of amides is 1. The smallest absolute Gasteiger partial charge is 0.419 e. The summed E-state index contributed by atoms with van der Waals surface area (Å²) in [6, 6.07) is 8.52. The molecule has 0 unspecified atom stereocenters. The van der Waals surface area contributed by atoms with Gasteiger partial charge in [-0.2, -0.15) is 0 Å². The molecule has 0 aliphatic rings. The van der Waals surface area contributed by atoms with E-state index in [2.05, 4.69) is 4.74 Å². The van der Waals surface area contributed by atoms with Gasteiger partial charge in [0.1, 0.15) is 12.0 Å². The highest BCUT2D eigenvalue weighted by Gasteiger charge is 2.22. The number of carbonyl (C=O) groups is 2. The van der Waals surface area contributed by atoms with Crippen molar-refractivity contribution in [1.82, 2.24) is 4.90 Å². The number of hydrogen-bond acceptors (Lipinski definition) is 5. The monoisotopic (exact) mass is 265 g/mol. The molecule has 0 aliphatic carbocycles. The molecule has 0 heterocycles. The molecule has 0 spiro atoms. The summed E-state index contributed by atoms with van der Waals surface area (Å²) < 4.78 is 14.4. The molecule has 19 heavy (non-hydrogen) atoms. The van der Waals surface area contributed by atoms with Crippen LogP contribution in [0.15, 0.2) is 42.3 Å². The molecule has 0 fully saturated rings. The van der Waals surface area contributed by atoms with Crippen molar-refractivity contribution in [3.63, 3.8) is 0 Å². The van der Waals surface area contributed by atoms with Gasteiger partial charge < -0.3 is 14.2 Å². The number of methoxy groups -OCH3 is 2. The Labute approximate surface area is 111 Å². The summed E-state index contributed by atoms with van der Waals surface area (Å²) >= 11 is 0. The second-order valence-corrected chi connectivity index (χ2v) is 3.47. The third-order valence-corrected chi connectivity index (χ3v) is 2.21. The van der Waals surface area contributed by atoms with E-state index in [0.717, 1.165) is 11.2 Å². The summed E-state index contributed by atoms with van der Waals surface area (Å²) in [7, 11) is 3.95. The molecule has 0 radical (unpaired) electrons. The second kappa shape index (κ2) is 7.05. The third kappa shape index (κ3) is 4.02. The number of carbonyl (C=O) groups excluding carboxylic acids is 2. The summed E-state index contributed by atoms with van der Waals surface area (Å²) in [5.74, 6) is -0.324. The Balaban J connectivity index is 2.80. The molecule has 0 aliphatic heterocycles. The van der Waals surface area contributed by atoms with Crippen LogP contribution in [0.4, 0.5) is 4.79 Å². The predicted octanol–water partition coefficient (Wildman–Crippen LogP) is 1.78. The first kappa shape index (κ1) is 14.6. The molecular formula is C13H15NO5. The summed E-state index contributed by atoms with van der Waals surface area (Å²) in [5, 5.41) is 0. The van der Waals surface area contributed by atoms with Crippen molar-refractivity contribution in [1.29, 1.82) is 0 Å². The fourth-order valence-electron chi connectivity index (χ4n) is 1.24. The van der Waals surface area contributed by atoms with Crippen molar-refractivity contribution in [2.75, 3.05) is 21.3 Å². The molecule has 1 aromatic rings. The first-order valence-electron chi connectivity index (χ1n) is 5.42. The van der Waals surface area contributed by atoms with Gasteiger partial charge in [-0.3, -0.25) is 4.90 Å². The minimum absolute atomic E-state index is 0.0640. The van der Waals surface area contributed by atoms with Crippen LogP contribution in [0.25, 0.3) is 0 Å². The Morgan fingerprint density at radius 1 is 1.16 bits per heavy atom. The molecule has 1 amide bonds. The summed E-state index contributed by atoms with van der Waals surface area (Å²) in [6.07, 6.45) is 0.387. The Bertz CT molecular complexity index is 469. The summed E-state index contributed by atoms with van der Waals surface area (Å²) in [6.45, 7) is 0. The van der Waals surface area contributed by atoms with E-state index in [0.29, 0.717) is 5.75 Å². The molecule has 0 bridgehead atoms. The van der Waals surface area contributed by atoms with Crippen molar-refractivity contribution in [3.8, 4) is 5.75 Å². The number of esters is 1. The average Bonchev–Trinajstić information content (AvgIpc) is 2.44. The lowest BCUT2D eigenvalue weighted by molar-refractivity contribution is -0.137. The first-order chi connectivity index (χ1) is 9.10. The van der Waals surface area contributed by atoms with Crippen LogP contribution in [0.1, 0.15) is 0 Å². The molecule has 1 rings (SSSR count). The lowest BCUT2D eigenvalue weighted by atomic mass is 10.3. The topological polar surface area (TPSA) is 65.1 Å². The number of likely N-dealkylation sites (N-methyl/N-ethyl adjacent to an activating group) is 1. The third-order valence-electron chi connectivity index (χ3n) is 2.21. The fourth-order valence-corrected chi connectivity index (χ4v) is 1.24. The van der Waals surface area contributed by atoms with Crippen LogP contribution in [0.3, 0.4) is 0 Å². The molecule has 1 aromatic carbocycles. The zero-order valence-electron chi connectivity index (χ0n) is 11.0. The summed E-state index contributed by atoms with van der Waals surface area (Å²) in [4.78, 5) is 24.3. The van der Waals surface area contributed by atoms with Crippen LogP contribution in [0.2, 0.25) is 0 Å². The maximum atomic E-state index is 11.8. The summed E-state index contributed by atoms with van der Waals surface area (Å²) in [5.41, 5.74) is -0.0640. The number of para-hydroxylation sites is 1. The van der Waals surface area contributed by atoms with Gasteiger partial charge in [-0.15, -0.1) is 0 Å². The minimum atomic E-state index is -0.722. The Morgan fingerprint density at radius 3 is 2.32 bits per heavy atom. The number of rotatable bonds is 4. The first-order valence-corrected chi connectivity index (χ1v) is 5.42. The van der Waals surface area contributed by atoms with Crippen LogP contribution in [0.5, 0.6) is 5.75 Å². The zero-order chi connectivity index (χ0) is 14.3. The van der Waals surface area contributed by atoms with E-state index in [1.165, 1.54) is 21.3 Å². The molecule has 0 atom stereocenters. The number of benzene rings is 1. The van der Waals surface area contributed by atoms with Crippen LogP contribution in [-0.2, 0) is 14.3 Å². The van der Waals surface area contributed by atoms with E-state index in [1.807, 2.05) is 0 Å². The quantitative estimate of drug-likeness (QED) is 0.471. The highest BCUT2D eigenvalue weighted by molar-refractivity contribution is 5.92. The van der Waals surface area contributed by atoms with E-state index in [-0.39, 0.29) is 5.70 Å². The molecule has 0 saturated heterocycles. The van der Waals surface area contributed by atoms with E-state index < -0.39 is 12.1 Å². The van der Waals surface area contributed by atoms with E-state index >= 15 is 0 Å². The van der Waals surface area contributed by atoms with Gasteiger partial charge in [0.05, 0.1) is 14.2 Å². The minimum Gasteiger partial charge on any atom is -0.502 e. The Morgan fingerprint density at radius 2 is 1.79 bits per heavy atom. The van der Waals surface area contributed by atoms with Crippen molar-refractivity contribution >= 4 is 12.1 Å². The molecule has 0 N–H and O–H groups in total. The van der Waals surface area contributed by atoms with Crippen molar-refractivity contribution in [3.05, 3.63) is 42.3 Å². The molecule has 6 nitrogen and oxygen atoms in total. The van der Waals surface area contributed by atoms with Gasteiger partial charge in [-0.1, -0.05) is 18.2 Å². The van der Waals surface area contributed by atoms with E-state index in [1.54, 1.807) is 30.3 Å². The van der Waals surface area contributed by atoms with Crippen LogP contribution < -0.4 is 4.74 Å². The lowest BCUT2D eigenvalue weighted by Crippen LogP contribution is -2.33. The number of ether oxygens (including phenoxy) is 3. The Hall–Kier alpha value is -2.50. The highest BCUT2D eigenvalue weighted by atomic mass is 16.6. The van der Waals surface area contributed by atoms with Crippen molar-refractivity contribution < 1.29 is 23.8 Å². The van der Waals surface area contributed by atoms with E-state index in [9.17, 15) is 9.59 Å². The average molecular weight is 265 g/mol. The van der Waals surface area contributed by atoms with Crippen molar-refractivity contribution in [2.24, 2.45) is 0 Å². The normalized spacial score (nSPS) is 10.6. The van der Waals surface area contributed by atoms with Gasteiger partial charge in [0.25, 0.3) is 0 Å². The lowest BCUT2D eigenvalue weighted by Gasteiger charge is -2.17. The molecule has 0 aromatic heterocycles. The van der Waals surface area contributed by atoms with Gasteiger partial charge in [-0.05, 0) is 12.1 Å². The van der Waals surface area contributed by atoms with E-state index in [4.69, 9.17) is 9.47 Å². The van der Waals surface area contributed by atoms with Gasteiger partial charge in [0.2, 0.25) is 0 Å². The van der Waals surface area contributed by atoms with Gasteiger partial charge in [0, 0.05) is 7.05 Å². The second-order valence-electron chi connectivity index (χ2n) is 3.47. The molecule has 0 saturated carbocycles. The van der Waals surface area contributed by atoms with Gasteiger partial charge in [-0.25, -0.2) is 9.59 Å². The predicted molar refractivity (Wildman–Crippen MR) is 67.3 cm³/mol. The largest absolute Gasteiger partial charge is 0.502 e. The maximum Gasteiger partial charge on any atom is 0.419 e. The highest BCUT2D eigenvalue weighted by Crippen LogP contribution is 2.12. The number of nitrogens with zero attached hydrogens (tertiary/aromatic N) is 1.